The van der Waals surface area contributed by atoms with Crippen LogP contribution in [0.1, 0.15) is 38.5 Å². The van der Waals surface area contributed by atoms with Crippen LogP contribution in [0.3, 0.4) is 0 Å². The van der Waals surface area contributed by atoms with Crippen LogP contribution in [0.2, 0.25) is 5.02 Å². The molecular weight excluding hydrogens is 286 g/mol. The molecule has 1 fully saturated rings. The molecule has 0 spiro atoms. The van der Waals surface area contributed by atoms with E-state index in [1.807, 2.05) is 12.1 Å². The second kappa shape index (κ2) is 7.09. The molecule has 2 N–H and O–H groups in total. The molecule has 114 valence electrons. The monoisotopic (exact) mass is 307 g/mol. The van der Waals surface area contributed by atoms with Gasteiger partial charge < -0.3 is 10.6 Å². The lowest BCUT2D eigenvalue weighted by atomic mass is 10.1. The number of halogens is 1. The average Bonchev–Trinajstić information content (AvgIpc) is 2.69. The van der Waals surface area contributed by atoms with E-state index in [0.717, 1.165) is 18.7 Å². The zero-order valence-corrected chi connectivity index (χ0v) is 12.9. The fourth-order valence-electron chi connectivity index (χ4n) is 2.87. The lowest BCUT2D eigenvalue weighted by Crippen LogP contribution is -2.32. The van der Waals surface area contributed by atoms with Gasteiger partial charge in [-0.15, -0.1) is 5.10 Å². The molecule has 0 unspecified atom stereocenters. The molecular formula is C15H22ClN5. The van der Waals surface area contributed by atoms with Gasteiger partial charge in [0.1, 0.15) is 0 Å². The van der Waals surface area contributed by atoms with Crippen molar-refractivity contribution in [3.8, 4) is 0 Å². The summed E-state index contributed by atoms with van der Waals surface area (Å²) in [5.41, 5.74) is 0.804. The van der Waals surface area contributed by atoms with Crippen LogP contribution in [0.5, 0.6) is 0 Å². The summed E-state index contributed by atoms with van der Waals surface area (Å²) in [7, 11) is 0. The molecule has 0 bridgehead atoms. The Kier molecular flexibility index (Phi) is 4.93. The Balaban J connectivity index is 1.45. The summed E-state index contributed by atoms with van der Waals surface area (Å²) in [6.07, 6.45) is 9.89. The standard InChI is InChI=1S/C15H22ClN5/c16-12-7-8-14-19-15(20-21(14)11-12)18-10-9-17-13-5-3-1-2-4-6-13/h7-8,11,13,17H,1-6,9-10H2,(H,18,20). The van der Waals surface area contributed by atoms with E-state index >= 15 is 0 Å². The Morgan fingerprint density at radius 2 is 1.95 bits per heavy atom. The van der Waals surface area contributed by atoms with Crippen LogP contribution in [0.4, 0.5) is 5.95 Å². The van der Waals surface area contributed by atoms with Gasteiger partial charge in [0.2, 0.25) is 5.95 Å². The van der Waals surface area contributed by atoms with Crippen molar-refractivity contribution in [3.05, 3.63) is 23.4 Å². The first-order valence-corrected chi connectivity index (χ1v) is 8.18. The zero-order valence-electron chi connectivity index (χ0n) is 12.2. The van der Waals surface area contributed by atoms with Crippen LogP contribution in [-0.4, -0.2) is 33.7 Å². The van der Waals surface area contributed by atoms with Crippen LogP contribution < -0.4 is 10.6 Å². The largest absolute Gasteiger partial charge is 0.352 e. The Bertz CT molecular complexity index is 574. The Hall–Kier alpha value is -1.33. The Morgan fingerprint density at radius 1 is 1.14 bits per heavy atom. The van der Waals surface area contributed by atoms with Crippen molar-refractivity contribution in [3.63, 3.8) is 0 Å². The first-order chi connectivity index (χ1) is 10.3. The third-order valence-corrected chi connectivity index (χ3v) is 4.21. The van der Waals surface area contributed by atoms with Crippen LogP contribution in [0.15, 0.2) is 18.3 Å². The van der Waals surface area contributed by atoms with E-state index in [1.54, 1.807) is 10.7 Å². The molecule has 1 saturated carbocycles. The second-order valence-electron chi connectivity index (χ2n) is 5.65. The first-order valence-electron chi connectivity index (χ1n) is 7.80. The molecule has 3 rings (SSSR count). The van der Waals surface area contributed by atoms with Gasteiger partial charge in [-0.05, 0) is 25.0 Å². The maximum Gasteiger partial charge on any atom is 0.243 e. The van der Waals surface area contributed by atoms with Crippen LogP contribution in [-0.2, 0) is 0 Å². The molecule has 0 amide bonds. The molecule has 5 nitrogen and oxygen atoms in total. The molecule has 2 heterocycles. The van der Waals surface area contributed by atoms with Crippen LogP contribution in [0.25, 0.3) is 5.65 Å². The normalized spacial score (nSPS) is 17.0. The molecule has 0 aliphatic heterocycles. The van der Waals surface area contributed by atoms with Crippen molar-refractivity contribution >= 4 is 23.2 Å². The SMILES string of the molecule is Clc1ccc2nc(NCCNC3CCCCCC3)nn2c1. The van der Waals surface area contributed by atoms with Gasteiger partial charge in [-0.3, -0.25) is 0 Å². The number of pyridine rings is 1. The van der Waals surface area contributed by atoms with Crippen molar-refractivity contribution in [2.75, 3.05) is 18.4 Å². The molecule has 0 radical (unpaired) electrons. The highest BCUT2D eigenvalue weighted by Gasteiger charge is 2.11. The van der Waals surface area contributed by atoms with Crippen LogP contribution in [0, 0.1) is 0 Å². The molecule has 2 aromatic heterocycles. The zero-order chi connectivity index (χ0) is 14.5. The van der Waals surface area contributed by atoms with Crippen molar-refractivity contribution in [1.82, 2.24) is 19.9 Å². The molecule has 6 heteroatoms. The van der Waals surface area contributed by atoms with Gasteiger partial charge in [0.05, 0.1) is 5.02 Å². The number of aromatic nitrogens is 3. The minimum absolute atomic E-state index is 0.653. The molecule has 1 aliphatic carbocycles. The number of anilines is 1. The fourth-order valence-corrected chi connectivity index (χ4v) is 3.02. The van der Waals surface area contributed by atoms with E-state index in [2.05, 4.69) is 20.7 Å². The summed E-state index contributed by atoms with van der Waals surface area (Å²) < 4.78 is 1.70. The quantitative estimate of drug-likeness (QED) is 0.658. The van der Waals surface area contributed by atoms with Gasteiger partial charge in [0, 0.05) is 25.3 Å². The number of hydrogen-bond acceptors (Lipinski definition) is 4. The minimum Gasteiger partial charge on any atom is -0.352 e. The molecule has 0 aromatic carbocycles. The highest BCUT2D eigenvalue weighted by molar-refractivity contribution is 6.30. The predicted molar refractivity (Wildman–Crippen MR) is 86.0 cm³/mol. The summed E-state index contributed by atoms with van der Waals surface area (Å²) in [5, 5.41) is 11.9. The van der Waals surface area contributed by atoms with Gasteiger partial charge in [-0.25, -0.2) is 4.52 Å². The predicted octanol–water partition coefficient (Wildman–Crippen LogP) is 3.11. The lowest BCUT2D eigenvalue weighted by Gasteiger charge is -2.15. The van der Waals surface area contributed by atoms with Crippen molar-refractivity contribution in [1.29, 1.82) is 0 Å². The highest BCUT2D eigenvalue weighted by atomic mass is 35.5. The Labute approximate surface area is 130 Å². The topological polar surface area (TPSA) is 54.2 Å². The van der Waals surface area contributed by atoms with Crippen LogP contribution >= 0.6 is 11.6 Å². The number of rotatable bonds is 5. The smallest absolute Gasteiger partial charge is 0.243 e. The maximum absolute atomic E-state index is 5.94. The average molecular weight is 308 g/mol. The van der Waals surface area contributed by atoms with E-state index < -0.39 is 0 Å². The fraction of sp³-hybridized carbons (Fsp3) is 0.600. The molecule has 0 saturated heterocycles. The third kappa shape index (κ3) is 4.08. The molecule has 2 aromatic rings. The number of nitrogens with zero attached hydrogens (tertiary/aromatic N) is 3. The molecule has 21 heavy (non-hydrogen) atoms. The lowest BCUT2D eigenvalue weighted by molar-refractivity contribution is 0.468. The van der Waals surface area contributed by atoms with Gasteiger partial charge >= 0.3 is 0 Å². The number of hydrogen-bond donors (Lipinski definition) is 2. The van der Waals surface area contributed by atoms with Crippen molar-refractivity contribution in [2.24, 2.45) is 0 Å². The molecule has 0 atom stereocenters. The van der Waals surface area contributed by atoms with E-state index in [4.69, 9.17) is 11.6 Å². The van der Waals surface area contributed by atoms with Gasteiger partial charge in [-0.2, -0.15) is 4.98 Å². The number of nitrogens with one attached hydrogen (secondary N) is 2. The summed E-state index contributed by atoms with van der Waals surface area (Å²) in [6, 6.07) is 4.37. The van der Waals surface area contributed by atoms with Gasteiger partial charge in [0.25, 0.3) is 0 Å². The van der Waals surface area contributed by atoms with Crippen molar-refractivity contribution < 1.29 is 0 Å². The van der Waals surface area contributed by atoms with E-state index in [-0.39, 0.29) is 0 Å². The summed E-state index contributed by atoms with van der Waals surface area (Å²) in [4.78, 5) is 4.41. The first kappa shape index (κ1) is 14.6. The van der Waals surface area contributed by atoms with Gasteiger partial charge in [-0.1, -0.05) is 37.3 Å². The van der Waals surface area contributed by atoms with E-state index in [0.29, 0.717) is 17.0 Å². The van der Waals surface area contributed by atoms with Gasteiger partial charge in [0.15, 0.2) is 5.65 Å². The summed E-state index contributed by atoms with van der Waals surface area (Å²) >= 11 is 5.94. The highest BCUT2D eigenvalue weighted by Crippen LogP contribution is 2.17. The Morgan fingerprint density at radius 3 is 2.76 bits per heavy atom. The minimum atomic E-state index is 0.653. The molecule has 1 aliphatic rings. The van der Waals surface area contributed by atoms with Crippen molar-refractivity contribution in [2.45, 2.75) is 44.6 Å². The number of fused-ring (bicyclic) bond motifs is 1. The summed E-state index contributed by atoms with van der Waals surface area (Å²) in [6.45, 7) is 1.78. The maximum atomic E-state index is 5.94. The van der Waals surface area contributed by atoms with E-state index in [9.17, 15) is 0 Å². The summed E-state index contributed by atoms with van der Waals surface area (Å²) in [5.74, 6) is 0.653. The second-order valence-corrected chi connectivity index (χ2v) is 6.09. The van der Waals surface area contributed by atoms with E-state index in [1.165, 1.54) is 38.5 Å². The third-order valence-electron chi connectivity index (χ3n) is 3.99.